The summed E-state index contributed by atoms with van der Waals surface area (Å²) in [7, 11) is 0. The molecule has 2 rings (SSSR count). The second-order valence-corrected chi connectivity index (χ2v) is 4.24. The van der Waals surface area contributed by atoms with Crippen molar-refractivity contribution < 1.29 is 9.90 Å². The Bertz CT molecular complexity index is 405. The predicted molar refractivity (Wildman–Crippen MR) is 60.2 cm³/mol. The molecular formula is C10H10N2O2S. The number of hydrogen-bond donors (Lipinski definition) is 2. The van der Waals surface area contributed by atoms with Crippen LogP contribution in [0.25, 0.3) is 0 Å². The van der Waals surface area contributed by atoms with Crippen LogP contribution in [-0.2, 0) is 4.79 Å². The topological polar surface area (TPSA) is 66.6 Å². The third-order valence-electron chi connectivity index (χ3n) is 2.03. The van der Waals surface area contributed by atoms with Crippen LogP contribution in [0.15, 0.2) is 41.6 Å². The van der Waals surface area contributed by atoms with Crippen LogP contribution in [0.4, 0.5) is 5.69 Å². The summed E-state index contributed by atoms with van der Waals surface area (Å²) < 4.78 is 0. The lowest BCUT2D eigenvalue weighted by atomic mass is 10.3. The van der Waals surface area contributed by atoms with Crippen molar-refractivity contribution in [1.29, 1.82) is 0 Å². The van der Waals surface area contributed by atoms with Crippen molar-refractivity contribution in [2.24, 2.45) is 5.73 Å². The van der Waals surface area contributed by atoms with Crippen LogP contribution in [0, 0.1) is 0 Å². The summed E-state index contributed by atoms with van der Waals surface area (Å²) in [6.45, 7) is 0. The summed E-state index contributed by atoms with van der Waals surface area (Å²) in [4.78, 5) is 12.6. The molecule has 0 bridgehead atoms. The second kappa shape index (κ2) is 3.86. The van der Waals surface area contributed by atoms with Gasteiger partial charge in [-0.15, -0.1) is 0 Å². The van der Waals surface area contributed by atoms with Crippen LogP contribution in [0.3, 0.4) is 0 Å². The number of hydrogen-bond acceptors (Lipinski definition) is 4. The van der Waals surface area contributed by atoms with Crippen molar-refractivity contribution in [3.05, 3.63) is 41.6 Å². The van der Waals surface area contributed by atoms with Crippen molar-refractivity contribution in [2.45, 2.75) is 5.37 Å². The fourth-order valence-corrected chi connectivity index (χ4v) is 2.23. The predicted octanol–water partition coefficient (Wildman–Crippen LogP) is 1.41. The molecule has 15 heavy (non-hydrogen) atoms. The maximum Gasteiger partial charge on any atom is 0.337 e. The van der Waals surface area contributed by atoms with Gasteiger partial charge in [-0.05, 0) is 12.1 Å². The molecule has 0 radical (unpaired) electrons. The monoisotopic (exact) mass is 222 g/mol. The van der Waals surface area contributed by atoms with E-state index in [0.717, 1.165) is 17.4 Å². The molecule has 4 nitrogen and oxygen atoms in total. The minimum absolute atomic E-state index is 0.520. The van der Waals surface area contributed by atoms with Gasteiger partial charge in [0.25, 0.3) is 0 Å². The van der Waals surface area contributed by atoms with Crippen molar-refractivity contribution in [3.63, 3.8) is 0 Å². The van der Waals surface area contributed by atoms with Crippen LogP contribution < -0.4 is 10.6 Å². The van der Waals surface area contributed by atoms with Crippen molar-refractivity contribution in [1.82, 2.24) is 0 Å². The third kappa shape index (κ3) is 1.92. The van der Waals surface area contributed by atoms with Crippen molar-refractivity contribution >= 4 is 23.4 Å². The van der Waals surface area contributed by atoms with Crippen LogP contribution in [0.5, 0.6) is 0 Å². The molecule has 1 heterocycles. The van der Waals surface area contributed by atoms with Gasteiger partial charge < -0.3 is 15.7 Å². The van der Waals surface area contributed by atoms with E-state index in [1.807, 2.05) is 30.3 Å². The largest absolute Gasteiger partial charge is 0.479 e. The van der Waals surface area contributed by atoms with E-state index in [1.165, 1.54) is 0 Å². The highest BCUT2D eigenvalue weighted by Crippen LogP contribution is 2.33. The Kier molecular flexibility index (Phi) is 2.55. The van der Waals surface area contributed by atoms with Crippen LogP contribution in [0.1, 0.15) is 0 Å². The van der Waals surface area contributed by atoms with E-state index >= 15 is 0 Å². The van der Waals surface area contributed by atoms with Gasteiger partial charge in [0, 0.05) is 11.9 Å². The summed E-state index contributed by atoms with van der Waals surface area (Å²) in [5.41, 5.74) is 6.44. The number of nitrogens with zero attached hydrogens (tertiary/aromatic N) is 1. The Hall–Kier alpha value is -1.62. The second-order valence-electron chi connectivity index (χ2n) is 3.08. The molecular weight excluding hydrogens is 212 g/mol. The lowest BCUT2D eigenvalue weighted by Crippen LogP contribution is -2.31. The maximum atomic E-state index is 11.0. The van der Waals surface area contributed by atoms with Gasteiger partial charge in [0.1, 0.15) is 0 Å². The normalized spacial score (nSPS) is 20.1. The smallest absolute Gasteiger partial charge is 0.337 e. The number of carboxylic acid groups (broad SMARTS) is 1. The first kappa shape index (κ1) is 9.92. The molecule has 78 valence electrons. The fraction of sp³-hybridized carbons (Fsp3) is 0.100. The Morgan fingerprint density at radius 2 is 2.07 bits per heavy atom. The minimum Gasteiger partial charge on any atom is -0.479 e. The van der Waals surface area contributed by atoms with Crippen molar-refractivity contribution in [2.75, 3.05) is 4.90 Å². The Morgan fingerprint density at radius 1 is 1.40 bits per heavy atom. The van der Waals surface area contributed by atoms with E-state index in [0.29, 0.717) is 5.03 Å². The Labute approximate surface area is 91.4 Å². The average molecular weight is 222 g/mol. The number of rotatable bonds is 2. The summed E-state index contributed by atoms with van der Waals surface area (Å²) in [6.07, 6.45) is 1.65. The Morgan fingerprint density at radius 3 is 2.67 bits per heavy atom. The highest BCUT2D eigenvalue weighted by Gasteiger charge is 2.31. The van der Waals surface area contributed by atoms with E-state index < -0.39 is 11.3 Å². The fourth-order valence-electron chi connectivity index (χ4n) is 1.40. The number of para-hydroxylation sites is 1. The van der Waals surface area contributed by atoms with E-state index in [-0.39, 0.29) is 0 Å². The quantitative estimate of drug-likeness (QED) is 0.792. The summed E-state index contributed by atoms with van der Waals surface area (Å²) in [5.74, 6) is -0.888. The lowest BCUT2D eigenvalue weighted by molar-refractivity contribution is -0.136. The van der Waals surface area contributed by atoms with E-state index in [9.17, 15) is 4.79 Å². The van der Waals surface area contributed by atoms with Crippen LogP contribution >= 0.6 is 11.8 Å². The molecule has 0 aliphatic carbocycles. The molecule has 0 saturated carbocycles. The lowest BCUT2D eigenvalue weighted by Gasteiger charge is -2.20. The molecule has 0 aromatic heterocycles. The number of carboxylic acids is 1. The number of thioether (sulfide) groups is 1. The first-order valence-corrected chi connectivity index (χ1v) is 5.26. The molecule has 1 aliphatic heterocycles. The third-order valence-corrected chi connectivity index (χ3v) is 3.06. The maximum absolute atomic E-state index is 11.0. The molecule has 5 heteroatoms. The van der Waals surface area contributed by atoms with Gasteiger partial charge in [-0.3, -0.25) is 0 Å². The van der Waals surface area contributed by atoms with Crippen LogP contribution in [-0.4, -0.2) is 16.4 Å². The molecule has 0 saturated heterocycles. The zero-order valence-corrected chi connectivity index (χ0v) is 8.65. The minimum atomic E-state index is -0.888. The molecule has 1 atom stereocenters. The van der Waals surface area contributed by atoms with Gasteiger partial charge in [-0.2, -0.15) is 0 Å². The van der Waals surface area contributed by atoms with Gasteiger partial charge in [0.2, 0.25) is 0 Å². The number of aliphatic carboxylic acids is 1. The van der Waals surface area contributed by atoms with E-state index in [1.54, 1.807) is 11.1 Å². The van der Waals surface area contributed by atoms with Crippen LogP contribution in [0.2, 0.25) is 0 Å². The van der Waals surface area contributed by atoms with E-state index in [4.69, 9.17) is 10.8 Å². The summed E-state index contributed by atoms with van der Waals surface area (Å²) in [5, 5.41) is 8.87. The molecule has 0 amide bonds. The number of carbonyl (C=O) groups is 1. The standard InChI is InChI=1S/C10H10N2O2S/c11-8-6-12(9(15-8)10(13)14)7-4-2-1-3-5-7/h1-6,9H,11H2,(H,13,14). The summed E-state index contributed by atoms with van der Waals surface area (Å²) in [6, 6.07) is 9.31. The molecule has 1 unspecified atom stereocenters. The first-order valence-electron chi connectivity index (χ1n) is 4.38. The average Bonchev–Trinajstić information content (AvgIpc) is 2.62. The zero-order chi connectivity index (χ0) is 10.8. The molecule has 1 aliphatic rings. The highest BCUT2D eigenvalue weighted by molar-refractivity contribution is 8.04. The molecule has 0 fully saturated rings. The zero-order valence-electron chi connectivity index (χ0n) is 7.83. The van der Waals surface area contributed by atoms with Gasteiger partial charge in [0.15, 0.2) is 5.37 Å². The molecule has 3 N–H and O–H groups in total. The summed E-state index contributed by atoms with van der Waals surface area (Å²) >= 11 is 1.14. The SMILES string of the molecule is NC1=CN(c2ccccc2)C(C(=O)O)S1. The van der Waals surface area contributed by atoms with Gasteiger partial charge in [0.05, 0.1) is 5.03 Å². The number of nitrogens with two attached hydrogens (primary N) is 1. The van der Waals surface area contributed by atoms with E-state index in [2.05, 4.69) is 0 Å². The molecule has 0 spiro atoms. The molecule has 1 aromatic carbocycles. The Balaban J connectivity index is 2.31. The number of benzene rings is 1. The number of anilines is 1. The van der Waals surface area contributed by atoms with Crippen molar-refractivity contribution in [3.8, 4) is 0 Å². The highest BCUT2D eigenvalue weighted by atomic mass is 32.2. The molecule has 1 aromatic rings. The first-order chi connectivity index (χ1) is 7.18. The van der Waals surface area contributed by atoms with Gasteiger partial charge >= 0.3 is 5.97 Å². The van der Waals surface area contributed by atoms with Gasteiger partial charge in [-0.25, -0.2) is 4.79 Å². The van der Waals surface area contributed by atoms with Gasteiger partial charge in [-0.1, -0.05) is 30.0 Å².